The zero-order valence-electron chi connectivity index (χ0n) is 11.1. The van der Waals surface area contributed by atoms with Crippen LogP contribution in [-0.4, -0.2) is 18.0 Å². The van der Waals surface area contributed by atoms with Gasteiger partial charge < -0.3 is 11.1 Å². The van der Waals surface area contributed by atoms with Crippen LogP contribution in [0.25, 0.3) is 0 Å². The van der Waals surface area contributed by atoms with E-state index in [1.165, 1.54) is 11.1 Å². The molecule has 100 valence electrons. The number of hydrogen-bond donors (Lipinski definition) is 2. The molecule has 0 saturated heterocycles. The topological polar surface area (TPSA) is 55.1 Å². The number of aryl methyl sites for hydroxylation is 1. The summed E-state index contributed by atoms with van der Waals surface area (Å²) in [6.45, 7) is 0.581. The molecule has 3 aliphatic carbocycles. The maximum atomic E-state index is 12.4. The van der Waals surface area contributed by atoms with Gasteiger partial charge in [-0.15, -0.1) is 0 Å². The van der Waals surface area contributed by atoms with Crippen LogP contribution in [0.2, 0.25) is 0 Å². The van der Waals surface area contributed by atoms with Gasteiger partial charge in [0.1, 0.15) is 0 Å². The fourth-order valence-electron chi connectivity index (χ4n) is 3.80. The van der Waals surface area contributed by atoms with Crippen molar-refractivity contribution in [2.24, 2.45) is 17.6 Å². The summed E-state index contributed by atoms with van der Waals surface area (Å²) < 4.78 is 0. The second-order valence-electron chi connectivity index (χ2n) is 6.43. The van der Waals surface area contributed by atoms with E-state index in [2.05, 4.69) is 29.6 Å². The summed E-state index contributed by atoms with van der Waals surface area (Å²) in [7, 11) is 0. The third kappa shape index (κ3) is 1.71. The molecule has 3 N–H and O–H groups in total. The average Bonchev–Trinajstić information content (AvgIpc) is 3.33. The van der Waals surface area contributed by atoms with Gasteiger partial charge in [0.2, 0.25) is 5.91 Å². The number of rotatable bonds is 3. The molecule has 1 aromatic rings. The van der Waals surface area contributed by atoms with Gasteiger partial charge >= 0.3 is 0 Å². The highest BCUT2D eigenvalue weighted by atomic mass is 16.2. The third-order valence-electron chi connectivity index (χ3n) is 5.27. The molecule has 2 fully saturated rings. The largest absolute Gasteiger partial charge is 0.349 e. The van der Waals surface area contributed by atoms with Crippen LogP contribution in [0, 0.1) is 11.8 Å². The molecule has 3 atom stereocenters. The second-order valence-corrected chi connectivity index (χ2v) is 6.43. The second kappa shape index (κ2) is 3.83. The molecule has 19 heavy (non-hydrogen) atoms. The molecular weight excluding hydrogens is 236 g/mol. The van der Waals surface area contributed by atoms with Crippen LogP contribution >= 0.6 is 0 Å². The number of nitrogens with two attached hydrogens (primary N) is 1. The first-order valence-electron chi connectivity index (χ1n) is 7.34. The average molecular weight is 256 g/mol. The number of amides is 1. The van der Waals surface area contributed by atoms with Gasteiger partial charge in [-0.05, 0) is 48.6 Å². The molecule has 4 rings (SSSR count). The number of benzene rings is 1. The Balaban J connectivity index is 1.52. The molecule has 3 unspecified atom stereocenters. The highest BCUT2D eigenvalue weighted by Gasteiger charge is 2.58. The standard InChI is InChI=1S/C16H20N2O/c17-9-16(7-8-16)18-15(19)14-12-6-5-10-3-1-2-4-11(10)13(12)14/h1-4,12-14H,5-9,17H2,(H,18,19). The molecule has 1 aromatic carbocycles. The predicted molar refractivity (Wildman–Crippen MR) is 73.6 cm³/mol. The van der Waals surface area contributed by atoms with Crippen molar-refractivity contribution in [2.75, 3.05) is 6.54 Å². The van der Waals surface area contributed by atoms with Crippen molar-refractivity contribution in [1.82, 2.24) is 5.32 Å². The Labute approximate surface area is 113 Å². The summed E-state index contributed by atoms with van der Waals surface area (Å²) >= 11 is 0. The molecule has 0 aliphatic heterocycles. The van der Waals surface area contributed by atoms with Gasteiger partial charge in [-0.3, -0.25) is 4.79 Å². The lowest BCUT2D eigenvalue weighted by molar-refractivity contribution is -0.123. The van der Waals surface area contributed by atoms with Gasteiger partial charge in [0.15, 0.2) is 0 Å². The molecule has 0 heterocycles. The quantitative estimate of drug-likeness (QED) is 0.862. The van der Waals surface area contributed by atoms with E-state index in [4.69, 9.17) is 5.73 Å². The van der Waals surface area contributed by atoms with Crippen molar-refractivity contribution in [1.29, 1.82) is 0 Å². The summed E-state index contributed by atoms with van der Waals surface area (Å²) in [5, 5.41) is 3.20. The lowest BCUT2D eigenvalue weighted by Crippen LogP contribution is -2.43. The molecule has 2 saturated carbocycles. The van der Waals surface area contributed by atoms with E-state index in [1.807, 2.05) is 0 Å². The summed E-state index contributed by atoms with van der Waals surface area (Å²) in [5.41, 5.74) is 8.55. The predicted octanol–water partition coefficient (Wildman–Crippen LogP) is 1.57. The van der Waals surface area contributed by atoms with E-state index < -0.39 is 0 Å². The van der Waals surface area contributed by atoms with Gasteiger partial charge in [-0.25, -0.2) is 0 Å². The Morgan fingerprint density at radius 1 is 1.37 bits per heavy atom. The smallest absolute Gasteiger partial charge is 0.224 e. The monoisotopic (exact) mass is 256 g/mol. The molecule has 3 heteroatoms. The molecule has 0 aromatic heterocycles. The number of hydrogen-bond acceptors (Lipinski definition) is 2. The minimum atomic E-state index is -0.0532. The van der Waals surface area contributed by atoms with E-state index in [0.717, 1.165) is 25.7 Å². The minimum absolute atomic E-state index is 0.0532. The van der Waals surface area contributed by atoms with Crippen LogP contribution in [0.3, 0.4) is 0 Å². The van der Waals surface area contributed by atoms with Crippen molar-refractivity contribution in [3.63, 3.8) is 0 Å². The molecule has 0 spiro atoms. The summed E-state index contributed by atoms with van der Waals surface area (Å²) in [6, 6.07) is 8.61. The van der Waals surface area contributed by atoms with Crippen molar-refractivity contribution in [2.45, 2.75) is 37.1 Å². The maximum Gasteiger partial charge on any atom is 0.224 e. The van der Waals surface area contributed by atoms with Crippen LogP contribution in [0.1, 0.15) is 36.3 Å². The van der Waals surface area contributed by atoms with Crippen LogP contribution in [0.5, 0.6) is 0 Å². The van der Waals surface area contributed by atoms with Crippen LogP contribution in [-0.2, 0) is 11.2 Å². The van der Waals surface area contributed by atoms with E-state index >= 15 is 0 Å². The summed E-state index contributed by atoms with van der Waals surface area (Å²) in [5.74, 6) is 1.49. The summed E-state index contributed by atoms with van der Waals surface area (Å²) in [6.07, 6.45) is 4.39. The van der Waals surface area contributed by atoms with Gasteiger partial charge in [0.25, 0.3) is 0 Å². The van der Waals surface area contributed by atoms with E-state index in [1.54, 1.807) is 0 Å². The first kappa shape index (κ1) is 11.5. The van der Waals surface area contributed by atoms with Crippen molar-refractivity contribution < 1.29 is 4.79 Å². The van der Waals surface area contributed by atoms with E-state index in [9.17, 15) is 4.79 Å². The number of carbonyl (C=O) groups excluding carboxylic acids is 1. The lowest BCUT2D eigenvalue weighted by Gasteiger charge is -2.15. The van der Waals surface area contributed by atoms with Crippen LogP contribution in [0.4, 0.5) is 0 Å². The number of nitrogens with one attached hydrogen (secondary N) is 1. The Bertz CT molecular complexity index is 535. The first-order chi connectivity index (χ1) is 9.24. The van der Waals surface area contributed by atoms with Crippen molar-refractivity contribution in [3.8, 4) is 0 Å². The molecular formula is C16H20N2O. The number of carbonyl (C=O) groups is 1. The Morgan fingerprint density at radius 2 is 2.16 bits per heavy atom. The highest BCUT2D eigenvalue weighted by Crippen LogP contribution is 2.60. The zero-order chi connectivity index (χ0) is 13.0. The normalized spacial score (nSPS) is 33.0. The Morgan fingerprint density at radius 3 is 2.89 bits per heavy atom. The lowest BCUT2D eigenvalue weighted by atomic mass is 9.92. The van der Waals surface area contributed by atoms with E-state index in [0.29, 0.717) is 18.4 Å². The van der Waals surface area contributed by atoms with Gasteiger partial charge in [0, 0.05) is 12.5 Å². The van der Waals surface area contributed by atoms with Gasteiger partial charge in [-0.2, -0.15) is 0 Å². The Hall–Kier alpha value is -1.35. The molecule has 0 radical (unpaired) electrons. The SMILES string of the molecule is NCC1(NC(=O)C2C3CCc4ccccc4C32)CC1. The highest BCUT2D eigenvalue weighted by molar-refractivity contribution is 5.85. The summed E-state index contributed by atoms with van der Waals surface area (Å²) in [4.78, 5) is 12.4. The number of fused-ring (bicyclic) bond motifs is 3. The van der Waals surface area contributed by atoms with Crippen molar-refractivity contribution in [3.05, 3.63) is 35.4 Å². The van der Waals surface area contributed by atoms with Gasteiger partial charge in [0.05, 0.1) is 5.54 Å². The third-order valence-corrected chi connectivity index (χ3v) is 5.27. The molecule has 1 amide bonds. The van der Waals surface area contributed by atoms with Crippen molar-refractivity contribution >= 4 is 5.91 Å². The van der Waals surface area contributed by atoms with Crippen LogP contribution in [0.15, 0.2) is 24.3 Å². The Kier molecular flexibility index (Phi) is 2.31. The van der Waals surface area contributed by atoms with Gasteiger partial charge in [-0.1, -0.05) is 24.3 Å². The zero-order valence-corrected chi connectivity index (χ0v) is 11.1. The minimum Gasteiger partial charge on any atom is -0.349 e. The fraction of sp³-hybridized carbons (Fsp3) is 0.562. The van der Waals surface area contributed by atoms with Crippen LogP contribution < -0.4 is 11.1 Å². The molecule has 3 nitrogen and oxygen atoms in total. The molecule has 0 bridgehead atoms. The van der Waals surface area contributed by atoms with E-state index in [-0.39, 0.29) is 17.4 Å². The maximum absolute atomic E-state index is 12.4. The fourth-order valence-corrected chi connectivity index (χ4v) is 3.80. The molecule has 3 aliphatic rings. The first-order valence-corrected chi connectivity index (χ1v) is 7.34.